The zero-order valence-corrected chi connectivity index (χ0v) is 16.3. The van der Waals surface area contributed by atoms with Crippen molar-refractivity contribution in [3.05, 3.63) is 69.8 Å². The molecule has 1 heterocycles. The Bertz CT molecular complexity index is 949. The van der Waals surface area contributed by atoms with E-state index < -0.39 is 5.82 Å². The molecule has 4 nitrogen and oxygen atoms in total. The molecule has 0 saturated carbocycles. The van der Waals surface area contributed by atoms with Crippen molar-refractivity contribution >= 4 is 63.5 Å². The maximum atomic E-state index is 13.8. The zero-order chi connectivity index (χ0) is 19.4. The van der Waals surface area contributed by atoms with Gasteiger partial charge in [0.25, 0.3) is 5.91 Å². The van der Waals surface area contributed by atoms with Crippen LogP contribution < -0.4 is 5.32 Å². The topological polar surface area (TPSA) is 49.4 Å². The molecule has 0 radical (unpaired) electrons. The van der Waals surface area contributed by atoms with Gasteiger partial charge < -0.3 is 5.32 Å². The minimum Gasteiger partial charge on any atom is -0.325 e. The SMILES string of the molecule is O=C(CCN1C(=O)/C(=C/c2ccccc2F)SC1=S)Nc1ccccc1Cl. The molecule has 2 amide bonds. The molecule has 3 rings (SSSR count). The highest BCUT2D eigenvalue weighted by molar-refractivity contribution is 8.26. The quantitative estimate of drug-likeness (QED) is 0.562. The fourth-order valence-electron chi connectivity index (χ4n) is 2.41. The van der Waals surface area contributed by atoms with E-state index in [-0.39, 0.29) is 24.8 Å². The van der Waals surface area contributed by atoms with Crippen LogP contribution in [0.15, 0.2) is 53.4 Å². The Morgan fingerprint density at radius 3 is 2.67 bits per heavy atom. The van der Waals surface area contributed by atoms with Crippen LogP contribution in [0.3, 0.4) is 0 Å². The monoisotopic (exact) mass is 420 g/mol. The number of hydrogen-bond acceptors (Lipinski definition) is 4. The first kappa shape index (κ1) is 19.5. The number of amides is 2. The van der Waals surface area contributed by atoms with Crippen molar-refractivity contribution in [2.45, 2.75) is 6.42 Å². The summed E-state index contributed by atoms with van der Waals surface area (Å²) in [6.07, 6.45) is 1.53. The third-order valence-electron chi connectivity index (χ3n) is 3.78. The molecule has 27 heavy (non-hydrogen) atoms. The number of nitrogens with zero attached hydrogens (tertiary/aromatic N) is 1. The van der Waals surface area contributed by atoms with Crippen LogP contribution in [-0.2, 0) is 9.59 Å². The zero-order valence-electron chi connectivity index (χ0n) is 13.9. The predicted molar refractivity (Wildman–Crippen MR) is 111 cm³/mol. The van der Waals surface area contributed by atoms with Gasteiger partial charge in [0.15, 0.2) is 0 Å². The molecule has 1 saturated heterocycles. The van der Waals surface area contributed by atoms with Gasteiger partial charge >= 0.3 is 0 Å². The summed E-state index contributed by atoms with van der Waals surface area (Å²) < 4.78 is 14.1. The highest BCUT2D eigenvalue weighted by Crippen LogP contribution is 2.33. The molecular formula is C19H14ClFN2O2S2. The summed E-state index contributed by atoms with van der Waals surface area (Å²) in [4.78, 5) is 26.3. The van der Waals surface area contributed by atoms with Gasteiger partial charge in [0.05, 0.1) is 15.6 Å². The lowest BCUT2D eigenvalue weighted by molar-refractivity contribution is -0.122. The standard InChI is InChI=1S/C19H14ClFN2O2S2/c20-13-6-2-4-8-15(13)22-17(24)9-10-23-18(25)16(27-19(23)26)11-12-5-1-3-7-14(12)21/h1-8,11H,9-10H2,(H,22,24)/b16-11-. The maximum absolute atomic E-state index is 13.8. The van der Waals surface area contributed by atoms with Gasteiger partial charge in [-0.15, -0.1) is 0 Å². The molecule has 8 heteroatoms. The molecule has 2 aromatic rings. The summed E-state index contributed by atoms with van der Waals surface area (Å²) in [5.74, 6) is -1.03. The minimum absolute atomic E-state index is 0.0602. The van der Waals surface area contributed by atoms with E-state index in [1.165, 1.54) is 17.0 Å². The fraction of sp³-hybridized carbons (Fsp3) is 0.105. The van der Waals surface area contributed by atoms with Crippen molar-refractivity contribution in [3.63, 3.8) is 0 Å². The number of carbonyl (C=O) groups is 2. The first-order chi connectivity index (χ1) is 13.0. The number of anilines is 1. The first-order valence-electron chi connectivity index (χ1n) is 8.00. The molecule has 0 unspecified atom stereocenters. The summed E-state index contributed by atoms with van der Waals surface area (Å²) in [6, 6.07) is 13.1. The second-order valence-corrected chi connectivity index (χ2v) is 7.72. The van der Waals surface area contributed by atoms with Gasteiger partial charge in [-0.05, 0) is 24.3 Å². The number of halogens is 2. The van der Waals surface area contributed by atoms with E-state index >= 15 is 0 Å². The number of para-hydroxylation sites is 1. The molecular weight excluding hydrogens is 407 g/mol. The van der Waals surface area contributed by atoms with Crippen molar-refractivity contribution in [1.82, 2.24) is 4.90 Å². The molecule has 1 fully saturated rings. The maximum Gasteiger partial charge on any atom is 0.266 e. The van der Waals surface area contributed by atoms with Crippen molar-refractivity contribution in [3.8, 4) is 0 Å². The number of rotatable bonds is 5. The van der Waals surface area contributed by atoms with Crippen molar-refractivity contribution in [2.75, 3.05) is 11.9 Å². The second kappa shape index (κ2) is 8.65. The highest BCUT2D eigenvalue weighted by atomic mass is 35.5. The molecule has 0 aromatic heterocycles. The van der Waals surface area contributed by atoms with E-state index in [1.54, 1.807) is 42.5 Å². The van der Waals surface area contributed by atoms with Gasteiger partial charge in [0.1, 0.15) is 10.1 Å². The van der Waals surface area contributed by atoms with E-state index in [1.807, 2.05) is 0 Å². The number of hydrogen-bond donors (Lipinski definition) is 1. The van der Waals surface area contributed by atoms with Crippen LogP contribution in [0.2, 0.25) is 5.02 Å². The van der Waals surface area contributed by atoms with Crippen molar-refractivity contribution < 1.29 is 14.0 Å². The fourth-order valence-corrected chi connectivity index (χ4v) is 3.90. The highest BCUT2D eigenvalue weighted by Gasteiger charge is 2.32. The summed E-state index contributed by atoms with van der Waals surface area (Å²) in [6.45, 7) is 0.134. The summed E-state index contributed by atoms with van der Waals surface area (Å²) in [5, 5.41) is 3.13. The van der Waals surface area contributed by atoms with Gasteiger partial charge in [0, 0.05) is 18.5 Å². The Morgan fingerprint density at radius 2 is 1.93 bits per heavy atom. The Kier molecular flexibility index (Phi) is 6.26. The molecule has 1 aliphatic heterocycles. The first-order valence-corrected chi connectivity index (χ1v) is 9.60. The third-order valence-corrected chi connectivity index (χ3v) is 5.48. The van der Waals surface area contributed by atoms with Gasteiger partial charge in [0.2, 0.25) is 5.91 Å². The van der Waals surface area contributed by atoms with Crippen molar-refractivity contribution in [1.29, 1.82) is 0 Å². The van der Waals surface area contributed by atoms with Gasteiger partial charge in [-0.1, -0.05) is 65.9 Å². The van der Waals surface area contributed by atoms with Crippen LogP contribution in [0.5, 0.6) is 0 Å². The predicted octanol–water partition coefficient (Wildman–Crippen LogP) is 4.71. The van der Waals surface area contributed by atoms with Crippen LogP contribution >= 0.6 is 35.6 Å². The Balaban J connectivity index is 1.63. The number of carbonyl (C=O) groups excluding carboxylic acids is 2. The number of benzene rings is 2. The van der Waals surface area contributed by atoms with Crippen LogP contribution in [0, 0.1) is 5.82 Å². The Hall–Kier alpha value is -2.22. The van der Waals surface area contributed by atoms with E-state index in [0.29, 0.717) is 25.5 Å². The normalized spacial score (nSPS) is 15.5. The number of nitrogens with one attached hydrogen (secondary N) is 1. The molecule has 0 atom stereocenters. The van der Waals surface area contributed by atoms with Crippen LogP contribution in [0.1, 0.15) is 12.0 Å². The second-order valence-electron chi connectivity index (χ2n) is 5.63. The average molecular weight is 421 g/mol. The van der Waals surface area contributed by atoms with Crippen LogP contribution in [-0.4, -0.2) is 27.6 Å². The van der Waals surface area contributed by atoms with E-state index in [2.05, 4.69) is 5.32 Å². The van der Waals surface area contributed by atoms with Gasteiger partial charge in [-0.2, -0.15) is 0 Å². The molecule has 2 aromatic carbocycles. The third kappa shape index (κ3) is 4.74. The molecule has 0 bridgehead atoms. The molecule has 1 N–H and O–H groups in total. The van der Waals surface area contributed by atoms with Crippen LogP contribution in [0.4, 0.5) is 10.1 Å². The van der Waals surface area contributed by atoms with Crippen LogP contribution in [0.25, 0.3) is 6.08 Å². The van der Waals surface area contributed by atoms with Crippen molar-refractivity contribution in [2.24, 2.45) is 0 Å². The van der Waals surface area contributed by atoms with E-state index in [0.717, 1.165) is 11.8 Å². The number of thiocarbonyl (C=S) groups is 1. The van der Waals surface area contributed by atoms with E-state index in [9.17, 15) is 14.0 Å². The average Bonchev–Trinajstić information content (AvgIpc) is 2.90. The Labute approximate surface area is 170 Å². The van der Waals surface area contributed by atoms with E-state index in [4.69, 9.17) is 23.8 Å². The lowest BCUT2D eigenvalue weighted by Gasteiger charge is -2.14. The minimum atomic E-state index is -0.415. The molecule has 0 spiro atoms. The Morgan fingerprint density at radius 1 is 1.22 bits per heavy atom. The summed E-state index contributed by atoms with van der Waals surface area (Å²) in [7, 11) is 0. The summed E-state index contributed by atoms with van der Waals surface area (Å²) >= 11 is 12.3. The lowest BCUT2D eigenvalue weighted by Crippen LogP contribution is -2.31. The molecule has 138 valence electrons. The lowest BCUT2D eigenvalue weighted by atomic mass is 10.2. The van der Waals surface area contributed by atoms with Gasteiger partial charge in [-0.3, -0.25) is 14.5 Å². The molecule has 0 aliphatic carbocycles. The molecule has 1 aliphatic rings. The smallest absolute Gasteiger partial charge is 0.266 e. The number of thioether (sulfide) groups is 1. The summed E-state index contributed by atoms with van der Waals surface area (Å²) in [5.41, 5.74) is 0.823. The largest absolute Gasteiger partial charge is 0.325 e. The van der Waals surface area contributed by atoms with Gasteiger partial charge in [-0.25, -0.2) is 4.39 Å².